The van der Waals surface area contributed by atoms with Crippen LogP contribution in [0.5, 0.6) is 0 Å². The van der Waals surface area contributed by atoms with Crippen LogP contribution in [0.3, 0.4) is 0 Å². The van der Waals surface area contributed by atoms with E-state index in [-0.39, 0.29) is 5.75 Å². The summed E-state index contributed by atoms with van der Waals surface area (Å²) in [4.78, 5) is 4.41. The maximum absolute atomic E-state index is 10.8. The fourth-order valence-electron chi connectivity index (χ4n) is 2.92. The molecule has 3 aromatic rings. The second kappa shape index (κ2) is 9.23. The third-order valence-electron chi connectivity index (χ3n) is 4.47. The molecule has 0 saturated carbocycles. The molecule has 3 rings (SSSR count). The number of hydrogen-bond acceptors (Lipinski definition) is 3. The van der Waals surface area contributed by atoms with Gasteiger partial charge in [0, 0.05) is 22.3 Å². The molecule has 0 aliphatic carbocycles. The molecule has 4 nitrogen and oxygen atoms in total. The Morgan fingerprint density at radius 1 is 1.00 bits per heavy atom. The van der Waals surface area contributed by atoms with E-state index in [1.165, 1.54) is 0 Å². The molecule has 0 amide bonds. The van der Waals surface area contributed by atoms with Gasteiger partial charge in [-0.05, 0) is 72.7 Å². The molecule has 1 heterocycles. The Labute approximate surface area is 176 Å². The molecule has 29 heavy (non-hydrogen) atoms. The van der Waals surface area contributed by atoms with E-state index in [2.05, 4.69) is 16.8 Å². The quantitative estimate of drug-likeness (QED) is 0.465. The van der Waals surface area contributed by atoms with Crippen LogP contribution in [0.15, 0.2) is 60.8 Å². The van der Waals surface area contributed by atoms with Crippen LogP contribution in [-0.4, -0.2) is 23.7 Å². The molecular formula is C23H20ClNO3S. The van der Waals surface area contributed by atoms with Crippen molar-refractivity contribution >= 4 is 21.7 Å². The van der Waals surface area contributed by atoms with Crippen molar-refractivity contribution in [1.29, 1.82) is 0 Å². The second-order valence-corrected chi connectivity index (χ2v) is 8.73. The lowest BCUT2D eigenvalue weighted by Gasteiger charge is -2.05. The van der Waals surface area contributed by atoms with Crippen LogP contribution in [0.25, 0.3) is 11.1 Å². The number of aromatic nitrogens is 1. The normalized spacial score (nSPS) is 11.0. The first-order valence-corrected chi connectivity index (χ1v) is 11.1. The lowest BCUT2D eigenvalue weighted by Crippen LogP contribution is -2.05. The molecule has 0 spiro atoms. The molecule has 148 valence electrons. The number of nitrogens with zero attached hydrogens (tertiary/aromatic N) is 1. The zero-order valence-corrected chi connectivity index (χ0v) is 17.5. The summed E-state index contributed by atoms with van der Waals surface area (Å²) in [6, 6.07) is 17.3. The second-order valence-electron chi connectivity index (χ2n) is 6.72. The number of benzene rings is 2. The Bertz CT molecular complexity index is 1160. The molecule has 0 saturated heterocycles. The summed E-state index contributed by atoms with van der Waals surface area (Å²) in [5.41, 5.74) is 5.67. The third kappa shape index (κ3) is 6.43. The lowest BCUT2D eigenvalue weighted by molar-refractivity contribution is 0.481. The van der Waals surface area contributed by atoms with Crippen LogP contribution in [-0.2, 0) is 16.5 Å². The van der Waals surface area contributed by atoms with Crippen LogP contribution in [0, 0.1) is 18.8 Å². The summed E-state index contributed by atoms with van der Waals surface area (Å²) in [6.45, 7) is 1.97. The summed E-state index contributed by atoms with van der Waals surface area (Å²) < 4.78 is 30.5. The van der Waals surface area contributed by atoms with Gasteiger partial charge in [-0.15, -0.1) is 0 Å². The Morgan fingerprint density at radius 3 is 2.34 bits per heavy atom. The van der Waals surface area contributed by atoms with Gasteiger partial charge in [-0.1, -0.05) is 41.8 Å². The molecular weight excluding hydrogens is 406 g/mol. The zero-order valence-electron chi connectivity index (χ0n) is 15.9. The highest BCUT2D eigenvalue weighted by Crippen LogP contribution is 2.20. The van der Waals surface area contributed by atoms with E-state index in [1.54, 1.807) is 6.20 Å². The molecule has 0 atom stereocenters. The highest BCUT2D eigenvalue weighted by Gasteiger charge is 2.06. The summed E-state index contributed by atoms with van der Waals surface area (Å²) >= 11 is 5.92. The minimum atomic E-state index is -3.91. The molecule has 2 aromatic carbocycles. The topological polar surface area (TPSA) is 67.3 Å². The molecule has 0 aliphatic heterocycles. The van der Waals surface area contributed by atoms with Crippen molar-refractivity contribution < 1.29 is 13.0 Å². The van der Waals surface area contributed by atoms with Gasteiger partial charge in [0.2, 0.25) is 0 Å². The fourth-order valence-corrected chi connectivity index (χ4v) is 3.55. The van der Waals surface area contributed by atoms with Crippen molar-refractivity contribution in [2.75, 3.05) is 5.75 Å². The Hall–Kier alpha value is -2.65. The van der Waals surface area contributed by atoms with Crippen LogP contribution in [0.1, 0.15) is 28.8 Å². The minimum Gasteiger partial charge on any atom is -0.286 e. The SMILES string of the molecule is Cc1cc(C#Cc2ccc(-c3ccc(Cl)cc3)cn2)ccc1CCCS(=O)(=O)O. The maximum atomic E-state index is 10.8. The van der Waals surface area contributed by atoms with Crippen LogP contribution in [0.2, 0.25) is 5.02 Å². The number of rotatable bonds is 5. The van der Waals surface area contributed by atoms with Gasteiger partial charge in [0.1, 0.15) is 5.69 Å². The van der Waals surface area contributed by atoms with E-state index < -0.39 is 10.1 Å². The van der Waals surface area contributed by atoms with E-state index >= 15 is 0 Å². The van der Waals surface area contributed by atoms with Gasteiger partial charge in [0.05, 0.1) is 5.75 Å². The number of hydrogen-bond donors (Lipinski definition) is 1. The summed E-state index contributed by atoms with van der Waals surface area (Å²) in [5, 5.41) is 0.698. The molecule has 0 bridgehead atoms. The van der Waals surface area contributed by atoms with Gasteiger partial charge in [-0.2, -0.15) is 8.42 Å². The number of halogens is 1. The zero-order chi connectivity index (χ0) is 20.9. The predicted molar refractivity (Wildman–Crippen MR) is 117 cm³/mol. The first-order chi connectivity index (χ1) is 13.8. The van der Waals surface area contributed by atoms with E-state index in [0.29, 0.717) is 23.6 Å². The van der Waals surface area contributed by atoms with Crippen LogP contribution in [0.4, 0.5) is 0 Å². The summed E-state index contributed by atoms with van der Waals surface area (Å²) in [5.74, 6) is 5.94. The molecule has 1 aromatic heterocycles. The van der Waals surface area contributed by atoms with Crippen molar-refractivity contribution in [3.05, 3.63) is 88.2 Å². The van der Waals surface area contributed by atoms with E-state index in [9.17, 15) is 8.42 Å². The van der Waals surface area contributed by atoms with E-state index in [1.807, 2.05) is 61.5 Å². The molecule has 0 unspecified atom stereocenters. The van der Waals surface area contributed by atoms with Crippen molar-refractivity contribution in [2.24, 2.45) is 0 Å². The average Bonchev–Trinajstić information content (AvgIpc) is 2.68. The van der Waals surface area contributed by atoms with Gasteiger partial charge in [-0.25, -0.2) is 4.98 Å². The van der Waals surface area contributed by atoms with Crippen molar-refractivity contribution in [2.45, 2.75) is 19.8 Å². The Balaban J connectivity index is 1.67. The van der Waals surface area contributed by atoms with Crippen molar-refractivity contribution in [3.8, 4) is 23.0 Å². The first-order valence-electron chi connectivity index (χ1n) is 9.09. The maximum Gasteiger partial charge on any atom is 0.264 e. The van der Waals surface area contributed by atoms with E-state index in [0.717, 1.165) is 27.8 Å². The molecule has 0 aliphatic rings. The van der Waals surface area contributed by atoms with Crippen LogP contribution >= 0.6 is 11.6 Å². The smallest absolute Gasteiger partial charge is 0.264 e. The first kappa shape index (κ1) is 21.1. The van der Waals surface area contributed by atoms with Crippen molar-refractivity contribution in [1.82, 2.24) is 4.98 Å². The van der Waals surface area contributed by atoms with E-state index in [4.69, 9.17) is 16.2 Å². The van der Waals surface area contributed by atoms with Crippen LogP contribution < -0.4 is 0 Å². The monoisotopic (exact) mass is 425 g/mol. The fraction of sp³-hybridized carbons (Fsp3) is 0.174. The molecule has 6 heteroatoms. The highest BCUT2D eigenvalue weighted by molar-refractivity contribution is 7.85. The highest BCUT2D eigenvalue weighted by atomic mass is 35.5. The average molecular weight is 426 g/mol. The predicted octanol–water partition coefficient (Wildman–Crippen LogP) is 4.93. The van der Waals surface area contributed by atoms with Gasteiger partial charge < -0.3 is 0 Å². The van der Waals surface area contributed by atoms with Gasteiger partial charge in [-0.3, -0.25) is 4.55 Å². The van der Waals surface area contributed by atoms with Gasteiger partial charge in [0.15, 0.2) is 0 Å². The molecule has 0 radical (unpaired) electrons. The summed E-state index contributed by atoms with van der Waals surface area (Å²) in [7, 11) is -3.91. The summed E-state index contributed by atoms with van der Waals surface area (Å²) in [6.07, 6.45) is 2.76. The van der Waals surface area contributed by atoms with Crippen molar-refractivity contribution in [3.63, 3.8) is 0 Å². The Kier molecular flexibility index (Phi) is 6.71. The standard InChI is InChI=1S/C23H20ClNO3S/c1-17-15-18(4-6-19(17)3-2-14-29(26,27)28)5-12-23-13-9-21(16-25-23)20-7-10-22(24)11-8-20/h4,6-11,13,15-16H,2-3,14H2,1H3,(H,26,27,28). The van der Waals surface area contributed by atoms with Gasteiger partial charge in [0.25, 0.3) is 10.1 Å². The molecule has 1 N–H and O–H groups in total. The molecule has 0 fully saturated rings. The number of pyridine rings is 1. The van der Waals surface area contributed by atoms with Gasteiger partial charge >= 0.3 is 0 Å². The Morgan fingerprint density at radius 2 is 1.72 bits per heavy atom. The largest absolute Gasteiger partial charge is 0.286 e. The lowest BCUT2D eigenvalue weighted by atomic mass is 10.0. The number of aryl methyl sites for hydroxylation is 2. The third-order valence-corrected chi connectivity index (χ3v) is 5.52. The minimum absolute atomic E-state index is 0.230.